The van der Waals surface area contributed by atoms with Crippen molar-refractivity contribution in [3.05, 3.63) is 28.2 Å². The molecule has 8 nitrogen and oxygen atoms in total. The molecule has 10 heteroatoms. The fraction of sp³-hybridized carbons (Fsp3) is 0.471. The third kappa shape index (κ3) is 10.5. The predicted octanol–water partition coefficient (Wildman–Crippen LogP) is 2.13. The number of carbonyl (C=O) groups excluding carboxylic acids is 3. The minimum Gasteiger partial charge on any atom is -0.482 e. The van der Waals surface area contributed by atoms with E-state index in [9.17, 15) is 14.4 Å². The first kappa shape index (κ1) is 22.9. The lowest BCUT2D eigenvalue weighted by Crippen LogP contribution is -2.42. The van der Waals surface area contributed by atoms with Crippen LogP contribution in [0.25, 0.3) is 0 Å². The van der Waals surface area contributed by atoms with Crippen molar-refractivity contribution in [1.29, 1.82) is 0 Å². The van der Waals surface area contributed by atoms with Crippen LogP contribution in [0.1, 0.15) is 20.8 Å². The second-order valence-electron chi connectivity index (χ2n) is 6.42. The molecule has 0 atom stereocenters. The maximum atomic E-state index is 11.7. The number of nitrogens with one attached hydrogen (secondary N) is 3. The molecule has 0 unspecified atom stereocenters. The molecule has 0 spiro atoms. The average Bonchev–Trinajstić information content (AvgIpc) is 2.54. The zero-order chi connectivity index (χ0) is 20.4. The highest BCUT2D eigenvalue weighted by atomic mass is 35.5. The van der Waals surface area contributed by atoms with E-state index in [0.717, 1.165) is 0 Å². The third-order valence-corrected chi connectivity index (χ3v) is 3.34. The van der Waals surface area contributed by atoms with Crippen molar-refractivity contribution in [3.8, 4) is 5.75 Å². The first-order valence-electron chi connectivity index (χ1n) is 8.15. The van der Waals surface area contributed by atoms with E-state index in [4.69, 9.17) is 32.7 Å². The number of alkyl carbamates (subject to hydrolysis) is 1. The number of amides is 3. The lowest BCUT2D eigenvalue weighted by Gasteiger charge is -2.19. The molecule has 0 aliphatic heterocycles. The summed E-state index contributed by atoms with van der Waals surface area (Å²) >= 11 is 11.7. The number of rotatable bonds is 8. The molecule has 0 fully saturated rings. The Bertz CT molecular complexity index is 677. The minimum absolute atomic E-state index is 0.197. The fourth-order valence-electron chi connectivity index (χ4n) is 1.72. The van der Waals surface area contributed by atoms with Gasteiger partial charge in [-0.15, -0.1) is 0 Å². The Hall–Kier alpha value is -2.19. The van der Waals surface area contributed by atoms with Gasteiger partial charge in [0, 0.05) is 18.1 Å². The van der Waals surface area contributed by atoms with Gasteiger partial charge in [0.25, 0.3) is 5.91 Å². The number of halogens is 2. The van der Waals surface area contributed by atoms with E-state index in [-0.39, 0.29) is 32.1 Å². The van der Waals surface area contributed by atoms with Crippen molar-refractivity contribution in [2.24, 2.45) is 0 Å². The van der Waals surface area contributed by atoms with E-state index in [1.54, 1.807) is 32.9 Å². The number of ether oxygens (including phenoxy) is 2. The maximum Gasteiger partial charge on any atom is 0.408 e. The molecule has 0 aromatic heterocycles. The van der Waals surface area contributed by atoms with Crippen molar-refractivity contribution in [3.63, 3.8) is 0 Å². The highest BCUT2D eigenvalue weighted by Gasteiger charge is 2.16. The highest BCUT2D eigenvalue weighted by molar-refractivity contribution is 6.35. The second-order valence-corrected chi connectivity index (χ2v) is 7.26. The number of carbonyl (C=O) groups is 3. The fourth-order valence-corrected chi connectivity index (χ4v) is 2.18. The zero-order valence-electron chi connectivity index (χ0n) is 15.4. The molecule has 0 saturated carbocycles. The van der Waals surface area contributed by atoms with Gasteiger partial charge in [-0.1, -0.05) is 23.2 Å². The molecule has 1 aromatic carbocycles. The van der Waals surface area contributed by atoms with Crippen LogP contribution < -0.4 is 20.7 Å². The molecule has 0 radical (unpaired) electrons. The van der Waals surface area contributed by atoms with Gasteiger partial charge >= 0.3 is 6.09 Å². The Morgan fingerprint density at radius 2 is 1.63 bits per heavy atom. The van der Waals surface area contributed by atoms with Gasteiger partial charge in [0.2, 0.25) is 5.91 Å². The van der Waals surface area contributed by atoms with Crippen LogP contribution in [0.5, 0.6) is 5.75 Å². The summed E-state index contributed by atoms with van der Waals surface area (Å²) in [6, 6.07) is 4.68. The number of benzene rings is 1. The molecule has 27 heavy (non-hydrogen) atoms. The van der Waals surface area contributed by atoms with E-state index in [1.807, 2.05) is 0 Å². The van der Waals surface area contributed by atoms with Gasteiger partial charge in [-0.05, 0) is 39.0 Å². The zero-order valence-corrected chi connectivity index (χ0v) is 16.9. The molecule has 0 aliphatic carbocycles. The van der Waals surface area contributed by atoms with E-state index >= 15 is 0 Å². The largest absolute Gasteiger partial charge is 0.482 e. The third-order valence-electron chi connectivity index (χ3n) is 2.81. The summed E-state index contributed by atoms with van der Waals surface area (Å²) in [5.41, 5.74) is -0.636. The summed E-state index contributed by atoms with van der Waals surface area (Å²) < 4.78 is 10.3. The molecule has 150 valence electrons. The molecular weight excluding hydrogens is 397 g/mol. The van der Waals surface area contributed by atoms with Crippen molar-refractivity contribution in [2.45, 2.75) is 26.4 Å². The Balaban J connectivity index is 2.15. The Morgan fingerprint density at radius 1 is 1.00 bits per heavy atom. The van der Waals surface area contributed by atoms with Crippen molar-refractivity contribution in [1.82, 2.24) is 16.0 Å². The van der Waals surface area contributed by atoms with Crippen LogP contribution in [-0.2, 0) is 14.3 Å². The lowest BCUT2D eigenvalue weighted by atomic mass is 10.2. The van der Waals surface area contributed by atoms with Crippen LogP contribution in [0.2, 0.25) is 10.0 Å². The smallest absolute Gasteiger partial charge is 0.408 e. The Morgan fingerprint density at radius 3 is 2.22 bits per heavy atom. The van der Waals surface area contributed by atoms with Gasteiger partial charge in [-0.3, -0.25) is 9.59 Å². The number of hydrogen-bond acceptors (Lipinski definition) is 5. The van der Waals surface area contributed by atoms with Crippen molar-refractivity contribution >= 4 is 41.1 Å². The van der Waals surface area contributed by atoms with Crippen LogP contribution in [-0.4, -0.2) is 49.7 Å². The second kappa shape index (κ2) is 10.8. The van der Waals surface area contributed by atoms with E-state index in [2.05, 4.69) is 16.0 Å². The summed E-state index contributed by atoms with van der Waals surface area (Å²) in [7, 11) is 0. The molecule has 0 bridgehead atoms. The molecule has 0 saturated heterocycles. The van der Waals surface area contributed by atoms with Gasteiger partial charge in [0.1, 0.15) is 11.4 Å². The van der Waals surface area contributed by atoms with Crippen LogP contribution in [0.15, 0.2) is 18.2 Å². The van der Waals surface area contributed by atoms with E-state index < -0.39 is 17.6 Å². The Kier molecular flexibility index (Phi) is 9.17. The van der Waals surface area contributed by atoms with Crippen LogP contribution in [0, 0.1) is 0 Å². The lowest BCUT2D eigenvalue weighted by molar-refractivity contribution is -0.123. The monoisotopic (exact) mass is 419 g/mol. The predicted molar refractivity (Wildman–Crippen MR) is 102 cm³/mol. The normalized spacial score (nSPS) is 10.7. The molecule has 1 aromatic rings. The molecule has 3 amide bonds. The van der Waals surface area contributed by atoms with Gasteiger partial charge in [0.05, 0.1) is 11.6 Å². The van der Waals surface area contributed by atoms with Crippen LogP contribution >= 0.6 is 23.2 Å². The SMILES string of the molecule is CC(C)(C)OC(=O)NCC(=O)NCCNC(=O)COc1ccc(Cl)cc1Cl. The standard InChI is InChI=1S/C17H23Cl2N3O5/c1-17(2,3)27-16(25)22-9-14(23)20-6-7-21-15(24)10-26-13-5-4-11(18)8-12(13)19/h4-5,8H,6-7,9-10H2,1-3H3,(H,20,23)(H,21,24)(H,22,25). The maximum absolute atomic E-state index is 11.7. The summed E-state index contributed by atoms with van der Waals surface area (Å²) in [5.74, 6) is -0.431. The molecule has 1 rings (SSSR count). The summed E-state index contributed by atoms with van der Waals surface area (Å²) in [6.45, 7) is 5.12. The van der Waals surface area contributed by atoms with Crippen LogP contribution in [0.4, 0.5) is 4.79 Å². The topological polar surface area (TPSA) is 106 Å². The summed E-state index contributed by atoms with van der Waals surface area (Å²) in [6.07, 6.45) is -0.677. The molecule has 3 N–H and O–H groups in total. The Labute approximate surface area is 167 Å². The van der Waals surface area contributed by atoms with E-state index in [0.29, 0.717) is 15.8 Å². The first-order valence-corrected chi connectivity index (χ1v) is 8.90. The number of hydrogen-bond donors (Lipinski definition) is 3. The molecular formula is C17H23Cl2N3O5. The van der Waals surface area contributed by atoms with Crippen LogP contribution in [0.3, 0.4) is 0 Å². The highest BCUT2D eigenvalue weighted by Crippen LogP contribution is 2.27. The van der Waals surface area contributed by atoms with Gasteiger partial charge in [-0.25, -0.2) is 4.79 Å². The average molecular weight is 420 g/mol. The quantitative estimate of drug-likeness (QED) is 0.559. The van der Waals surface area contributed by atoms with E-state index in [1.165, 1.54) is 6.07 Å². The van der Waals surface area contributed by atoms with Crippen molar-refractivity contribution < 1.29 is 23.9 Å². The minimum atomic E-state index is -0.677. The van der Waals surface area contributed by atoms with Gasteiger partial charge < -0.3 is 25.4 Å². The van der Waals surface area contributed by atoms with Gasteiger partial charge in [0.15, 0.2) is 6.61 Å². The summed E-state index contributed by atoms with van der Waals surface area (Å²) in [5, 5.41) is 8.23. The molecule has 0 aliphatic rings. The molecule has 0 heterocycles. The van der Waals surface area contributed by atoms with Gasteiger partial charge in [-0.2, -0.15) is 0 Å². The summed E-state index contributed by atoms with van der Waals surface area (Å²) in [4.78, 5) is 34.7. The van der Waals surface area contributed by atoms with Crippen molar-refractivity contribution in [2.75, 3.05) is 26.2 Å². The first-order chi connectivity index (χ1) is 12.6.